The topological polar surface area (TPSA) is 63.4 Å². The Morgan fingerprint density at radius 1 is 1.45 bits per heavy atom. The van der Waals surface area contributed by atoms with Gasteiger partial charge in [-0.25, -0.2) is 8.42 Å². The fourth-order valence-corrected chi connectivity index (χ4v) is 5.77. The molecule has 2 N–H and O–H groups in total. The van der Waals surface area contributed by atoms with E-state index in [1.54, 1.807) is 18.8 Å². The van der Waals surface area contributed by atoms with Crippen molar-refractivity contribution in [1.82, 2.24) is 4.31 Å². The van der Waals surface area contributed by atoms with Gasteiger partial charge in [0.15, 0.2) is 0 Å². The zero-order chi connectivity index (χ0) is 14.9. The van der Waals surface area contributed by atoms with Crippen molar-refractivity contribution in [2.45, 2.75) is 23.9 Å². The maximum Gasteiger partial charge on any atom is 0.244 e. The number of nitrogens with zero attached hydrogens (tertiary/aromatic N) is 1. The molecule has 20 heavy (non-hydrogen) atoms. The lowest BCUT2D eigenvalue weighted by molar-refractivity contribution is 0.394. The average molecular weight is 355 g/mol. The van der Waals surface area contributed by atoms with E-state index < -0.39 is 10.0 Å². The van der Waals surface area contributed by atoms with Crippen molar-refractivity contribution < 1.29 is 8.42 Å². The van der Waals surface area contributed by atoms with Crippen LogP contribution in [-0.4, -0.2) is 37.3 Å². The minimum atomic E-state index is -3.63. The van der Waals surface area contributed by atoms with Crippen LogP contribution in [0, 0.1) is 0 Å². The minimum absolute atomic E-state index is 0.0121. The average Bonchev–Trinajstić information content (AvgIpc) is 2.91. The maximum atomic E-state index is 12.7. The monoisotopic (exact) mass is 354 g/mol. The number of rotatable bonds is 4. The van der Waals surface area contributed by atoms with Gasteiger partial charge in [-0.15, -0.1) is 0 Å². The smallest absolute Gasteiger partial charge is 0.244 e. The van der Waals surface area contributed by atoms with Gasteiger partial charge in [0, 0.05) is 36.0 Å². The molecule has 1 aliphatic rings. The predicted octanol–water partition coefficient (Wildman–Crippen LogP) is 2.58. The summed E-state index contributed by atoms with van der Waals surface area (Å²) in [6.45, 7) is 0.101. The summed E-state index contributed by atoms with van der Waals surface area (Å²) in [5.74, 6) is 1.79. The quantitative estimate of drug-likeness (QED) is 0.902. The number of hydrogen-bond acceptors (Lipinski definition) is 4. The Morgan fingerprint density at radius 3 is 2.70 bits per heavy atom. The van der Waals surface area contributed by atoms with Gasteiger partial charge in [0.05, 0.1) is 5.02 Å². The molecule has 4 nitrogen and oxygen atoms in total. The first-order chi connectivity index (χ1) is 9.39. The molecule has 0 bridgehead atoms. The summed E-state index contributed by atoms with van der Waals surface area (Å²) in [5, 5.41) is 0.507. The Kier molecular flexibility index (Phi) is 5.26. The molecule has 1 atom stereocenters. The highest BCUT2D eigenvalue weighted by atomic mass is 35.5. The Labute approximate surface area is 133 Å². The second-order valence-corrected chi connectivity index (χ2v) is 8.48. The van der Waals surface area contributed by atoms with Crippen LogP contribution in [0.3, 0.4) is 0 Å². The van der Waals surface area contributed by atoms with Gasteiger partial charge in [0.1, 0.15) is 4.90 Å². The molecule has 0 amide bonds. The van der Waals surface area contributed by atoms with E-state index in [1.807, 2.05) is 0 Å². The largest absolute Gasteiger partial charge is 0.326 e. The molecule has 1 heterocycles. The first-order valence-electron chi connectivity index (χ1n) is 6.12. The number of nitrogens with two attached hydrogens (primary N) is 1. The van der Waals surface area contributed by atoms with Crippen LogP contribution in [0.4, 0.5) is 0 Å². The van der Waals surface area contributed by atoms with Crippen LogP contribution >= 0.6 is 35.0 Å². The molecule has 8 heteroatoms. The van der Waals surface area contributed by atoms with Crippen LogP contribution in [0.2, 0.25) is 10.0 Å². The van der Waals surface area contributed by atoms with Crippen LogP contribution in [0.15, 0.2) is 17.0 Å². The van der Waals surface area contributed by atoms with Gasteiger partial charge in [0.2, 0.25) is 10.0 Å². The molecule has 1 aliphatic heterocycles. The molecule has 1 unspecified atom stereocenters. The predicted molar refractivity (Wildman–Crippen MR) is 85.0 cm³/mol. The van der Waals surface area contributed by atoms with E-state index >= 15 is 0 Å². The number of halogens is 2. The van der Waals surface area contributed by atoms with E-state index in [9.17, 15) is 8.42 Å². The van der Waals surface area contributed by atoms with Crippen molar-refractivity contribution in [2.24, 2.45) is 5.73 Å². The Morgan fingerprint density at radius 2 is 2.15 bits per heavy atom. The third-order valence-corrected chi connectivity index (χ3v) is 7.43. The summed E-state index contributed by atoms with van der Waals surface area (Å²) >= 11 is 13.9. The summed E-state index contributed by atoms with van der Waals surface area (Å²) in [5.41, 5.74) is 6.04. The zero-order valence-electron chi connectivity index (χ0n) is 11.0. The molecule has 1 aromatic rings. The lowest BCUT2D eigenvalue weighted by Gasteiger charge is -2.24. The summed E-state index contributed by atoms with van der Waals surface area (Å²) in [6, 6.07) is 2.98. The third kappa shape index (κ3) is 2.96. The van der Waals surface area contributed by atoms with E-state index in [0.717, 1.165) is 17.9 Å². The van der Waals surface area contributed by atoms with Crippen molar-refractivity contribution in [3.05, 3.63) is 27.7 Å². The fourth-order valence-electron chi connectivity index (χ4n) is 2.12. The lowest BCUT2D eigenvalue weighted by Crippen LogP contribution is -2.37. The minimum Gasteiger partial charge on any atom is -0.326 e. The molecular formula is C12H16Cl2N2O2S2. The van der Waals surface area contributed by atoms with Gasteiger partial charge < -0.3 is 5.73 Å². The first kappa shape index (κ1) is 16.4. The van der Waals surface area contributed by atoms with E-state index in [2.05, 4.69) is 0 Å². The molecule has 0 aromatic heterocycles. The maximum absolute atomic E-state index is 12.7. The Balaban J connectivity index is 2.44. The van der Waals surface area contributed by atoms with Gasteiger partial charge >= 0.3 is 0 Å². The molecule has 2 rings (SSSR count). The van der Waals surface area contributed by atoms with Crippen LogP contribution < -0.4 is 5.73 Å². The van der Waals surface area contributed by atoms with Crippen molar-refractivity contribution in [1.29, 1.82) is 0 Å². The zero-order valence-corrected chi connectivity index (χ0v) is 14.1. The van der Waals surface area contributed by atoms with Crippen LogP contribution in [0.25, 0.3) is 0 Å². The van der Waals surface area contributed by atoms with E-state index in [-0.39, 0.29) is 22.5 Å². The standard InChI is InChI=1S/C12H16Cl2N2O2S2/c1-16(8-4-5-19-7-8)20(17,18)11-3-2-10(13)9(6-15)12(11)14/h2-3,8H,4-7,15H2,1H3. The van der Waals surface area contributed by atoms with Crippen LogP contribution in [0.1, 0.15) is 12.0 Å². The van der Waals surface area contributed by atoms with Crippen molar-refractivity contribution in [3.8, 4) is 0 Å². The second kappa shape index (κ2) is 6.42. The van der Waals surface area contributed by atoms with Crippen molar-refractivity contribution in [2.75, 3.05) is 18.6 Å². The first-order valence-corrected chi connectivity index (χ1v) is 9.47. The van der Waals surface area contributed by atoms with Gasteiger partial charge in [-0.1, -0.05) is 23.2 Å². The molecule has 1 aromatic carbocycles. The lowest BCUT2D eigenvalue weighted by atomic mass is 10.2. The molecule has 0 aliphatic carbocycles. The summed E-state index contributed by atoms with van der Waals surface area (Å²) in [6.07, 6.45) is 0.856. The Bertz CT molecular complexity index is 602. The molecule has 0 saturated carbocycles. The third-order valence-electron chi connectivity index (χ3n) is 3.43. The summed E-state index contributed by atoms with van der Waals surface area (Å²) in [7, 11) is -2.03. The highest BCUT2D eigenvalue weighted by molar-refractivity contribution is 7.99. The SMILES string of the molecule is CN(C1CCSC1)S(=O)(=O)c1ccc(Cl)c(CN)c1Cl. The number of sulfonamides is 1. The van der Waals surface area contributed by atoms with Crippen LogP contribution in [0.5, 0.6) is 0 Å². The van der Waals surface area contributed by atoms with Gasteiger partial charge in [-0.05, 0) is 24.3 Å². The molecule has 112 valence electrons. The number of benzene rings is 1. The van der Waals surface area contributed by atoms with Crippen molar-refractivity contribution >= 4 is 45.0 Å². The number of hydrogen-bond donors (Lipinski definition) is 1. The van der Waals surface area contributed by atoms with E-state index in [0.29, 0.717) is 10.6 Å². The van der Waals surface area contributed by atoms with Gasteiger partial charge in [-0.3, -0.25) is 0 Å². The molecule has 0 spiro atoms. The second-order valence-electron chi connectivity index (χ2n) is 4.58. The number of thioether (sulfide) groups is 1. The normalized spacial score (nSPS) is 19.8. The molecule has 1 saturated heterocycles. The van der Waals surface area contributed by atoms with E-state index in [4.69, 9.17) is 28.9 Å². The van der Waals surface area contributed by atoms with Gasteiger partial charge in [-0.2, -0.15) is 16.1 Å². The van der Waals surface area contributed by atoms with E-state index in [1.165, 1.54) is 16.4 Å². The summed E-state index contributed by atoms with van der Waals surface area (Å²) in [4.78, 5) is 0.0726. The summed E-state index contributed by atoms with van der Waals surface area (Å²) < 4.78 is 26.7. The highest BCUT2D eigenvalue weighted by Crippen LogP contribution is 2.34. The fraction of sp³-hybridized carbons (Fsp3) is 0.500. The van der Waals surface area contributed by atoms with Crippen molar-refractivity contribution in [3.63, 3.8) is 0 Å². The van der Waals surface area contributed by atoms with Gasteiger partial charge in [0.25, 0.3) is 0 Å². The van der Waals surface area contributed by atoms with Crippen LogP contribution in [-0.2, 0) is 16.6 Å². The Hall–Kier alpha value is 0.0200. The molecule has 0 radical (unpaired) electrons. The molecule has 1 fully saturated rings. The highest BCUT2D eigenvalue weighted by Gasteiger charge is 2.32. The molecular weight excluding hydrogens is 339 g/mol.